The monoisotopic (exact) mass is 537 g/mol. The fourth-order valence-corrected chi connectivity index (χ4v) is 4.48. The zero-order valence-electron chi connectivity index (χ0n) is 20.4. The first-order valence-electron chi connectivity index (χ1n) is 11.1. The molecule has 0 aliphatic heterocycles. The Kier molecular flexibility index (Phi) is 8.87. The van der Waals surface area contributed by atoms with Crippen LogP contribution < -0.4 is 4.72 Å². The van der Waals surface area contributed by atoms with Gasteiger partial charge in [-0.05, 0) is 43.2 Å². The molecule has 0 aromatic heterocycles. The van der Waals surface area contributed by atoms with Gasteiger partial charge < -0.3 is 4.74 Å². The van der Waals surface area contributed by atoms with Gasteiger partial charge in [-0.25, -0.2) is 13.2 Å². The molecule has 0 bridgehead atoms. The fourth-order valence-electron chi connectivity index (χ4n) is 3.23. The van der Waals surface area contributed by atoms with Gasteiger partial charge in [-0.1, -0.05) is 48.0 Å². The molecule has 11 nitrogen and oxygen atoms in total. The van der Waals surface area contributed by atoms with E-state index in [2.05, 4.69) is 10.5 Å². The first-order chi connectivity index (χ1) is 18.0. The molecule has 0 unspecified atom stereocenters. The van der Waals surface area contributed by atoms with E-state index in [4.69, 9.17) is 4.74 Å². The smallest absolute Gasteiger partial charge is 0.338 e. The Bertz CT molecular complexity index is 1500. The molecule has 3 rings (SSSR count). The molecule has 38 heavy (non-hydrogen) atoms. The van der Waals surface area contributed by atoms with Crippen molar-refractivity contribution in [2.45, 2.75) is 24.8 Å². The highest BCUT2D eigenvalue weighted by Crippen LogP contribution is 2.23. The summed E-state index contributed by atoms with van der Waals surface area (Å²) in [4.78, 5) is 33.2. The van der Waals surface area contributed by atoms with E-state index < -0.39 is 55.4 Å². The Balaban J connectivity index is 1.91. The maximum absolute atomic E-state index is 13.0. The number of esters is 1. The Labute approximate surface area is 218 Å². The number of sulfonamides is 1. The minimum absolute atomic E-state index is 0.00595. The van der Waals surface area contributed by atoms with Crippen molar-refractivity contribution in [3.05, 3.63) is 121 Å². The summed E-state index contributed by atoms with van der Waals surface area (Å²) in [7, 11) is -4.05. The molecule has 196 valence electrons. The second-order valence-corrected chi connectivity index (χ2v) is 9.93. The van der Waals surface area contributed by atoms with Gasteiger partial charge in [-0.2, -0.15) is 4.72 Å². The molecular formula is C26H23N3O8S. The highest BCUT2D eigenvalue weighted by atomic mass is 32.2. The number of ether oxygens (including phenoxy) is 1. The molecule has 3 aromatic carbocycles. The highest BCUT2D eigenvalue weighted by Gasteiger charge is 2.25. The van der Waals surface area contributed by atoms with Crippen molar-refractivity contribution >= 4 is 33.4 Å². The van der Waals surface area contributed by atoms with E-state index in [-0.39, 0.29) is 4.90 Å². The molecule has 12 heteroatoms. The van der Waals surface area contributed by atoms with Crippen LogP contribution in [-0.4, -0.2) is 36.9 Å². The van der Waals surface area contributed by atoms with E-state index in [1.165, 1.54) is 12.1 Å². The normalized spacial score (nSPS) is 11.6. The van der Waals surface area contributed by atoms with Crippen LogP contribution in [0.1, 0.15) is 28.4 Å². The summed E-state index contributed by atoms with van der Waals surface area (Å²) < 4.78 is 33.8. The molecule has 0 saturated heterocycles. The van der Waals surface area contributed by atoms with Gasteiger partial charge in [0.1, 0.15) is 6.61 Å². The summed E-state index contributed by atoms with van der Waals surface area (Å²) >= 11 is 0. The summed E-state index contributed by atoms with van der Waals surface area (Å²) in [5.41, 5.74) is 3.28. The lowest BCUT2D eigenvalue weighted by molar-refractivity contribution is -0.394. The van der Waals surface area contributed by atoms with Crippen molar-refractivity contribution in [2.24, 2.45) is 0 Å². The number of nitro benzene ring substituents is 2. The minimum atomic E-state index is -4.05. The van der Waals surface area contributed by atoms with Crippen molar-refractivity contribution in [2.75, 3.05) is 6.61 Å². The molecule has 1 N–H and O–H groups in total. The van der Waals surface area contributed by atoms with Crippen LogP contribution in [0.3, 0.4) is 0 Å². The lowest BCUT2D eigenvalue weighted by atomic mass is 10.1. The first-order valence-corrected chi connectivity index (χ1v) is 12.6. The topological polar surface area (TPSA) is 159 Å². The van der Waals surface area contributed by atoms with E-state index in [1.807, 2.05) is 37.3 Å². The number of nitrogens with one attached hydrogen (secondary N) is 1. The molecule has 1 atom stereocenters. The first kappa shape index (κ1) is 27.9. The van der Waals surface area contributed by atoms with E-state index in [9.17, 15) is 33.4 Å². The molecule has 3 aromatic rings. The lowest BCUT2D eigenvalue weighted by Gasteiger charge is -2.19. The second kappa shape index (κ2) is 12.1. The average Bonchev–Trinajstić information content (AvgIpc) is 2.89. The number of hydrogen-bond acceptors (Lipinski definition) is 8. The van der Waals surface area contributed by atoms with Gasteiger partial charge in [0.2, 0.25) is 10.0 Å². The van der Waals surface area contributed by atoms with Crippen LogP contribution in [-0.2, 0) is 14.8 Å². The maximum Gasteiger partial charge on any atom is 0.338 e. The van der Waals surface area contributed by atoms with Crippen molar-refractivity contribution in [3.63, 3.8) is 0 Å². The van der Waals surface area contributed by atoms with Gasteiger partial charge in [-0.3, -0.25) is 20.2 Å². The Morgan fingerprint density at radius 1 is 1.00 bits per heavy atom. The quantitative estimate of drug-likeness (QED) is 0.170. The fraction of sp³-hybridized carbons (Fsp3) is 0.154. The third kappa shape index (κ3) is 7.43. The summed E-state index contributed by atoms with van der Waals surface area (Å²) in [6, 6.07) is 16.6. The molecule has 0 saturated carbocycles. The molecular weight excluding hydrogens is 514 g/mol. The molecule has 0 aliphatic carbocycles. The maximum atomic E-state index is 13.0. The Morgan fingerprint density at radius 2 is 1.58 bits per heavy atom. The van der Waals surface area contributed by atoms with Gasteiger partial charge >= 0.3 is 5.97 Å². The van der Waals surface area contributed by atoms with E-state index in [1.54, 1.807) is 25.1 Å². The lowest BCUT2D eigenvalue weighted by Crippen LogP contribution is -2.39. The summed E-state index contributed by atoms with van der Waals surface area (Å²) in [6.45, 7) is 2.89. The van der Waals surface area contributed by atoms with Crippen LogP contribution >= 0.6 is 0 Å². The third-order valence-electron chi connectivity index (χ3n) is 5.36. The van der Waals surface area contributed by atoms with Crippen molar-refractivity contribution < 1.29 is 27.8 Å². The largest absolute Gasteiger partial charge is 0.460 e. The standard InChI is InChI=1S/C26H23N3O8S/c1-18-8-12-24(13-9-18)38(35,36)27-25(19(2)10-11-20-6-4-3-5-7-20)17-37-26(30)21-14-22(28(31)32)16-23(15-21)29(33)34/h3-9,11-16,25,27H,17H2,1-2H3/t10?,25-/m1/s1. The van der Waals surface area contributed by atoms with Gasteiger partial charge in [-0.15, -0.1) is 5.73 Å². The number of nitro groups is 2. The summed E-state index contributed by atoms with van der Waals surface area (Å²) in [5.74, 6) is -1.10. The van der Waals surface area contributed by atoms with Gasteiger partial charge in [0.15, 0.2) is 0 Å². The van der Waals surface area contributed by atoms with E-state index in [0.29, 0.717) is 5.57 Å². The Morgan fingerprint density at radius 3 is 2.13 bits per heavy atom. The molecule has 0 radical (unpaired) electrons. The van der Waals surface area contributed by atoms with Crippen molar-refractivity contribution in [1.29, 1.82) is 0 Å². The van der Waals surface area contributed by atoms with Crippen LogP contribution in [0.15, 0.2) is 89.0 Å². The minimum Gasteiger partial charge on any atom is -0.460 e. The molecule has 0 amide bonds. The predicted octanol–water partition coefficient (Wildman–Crippen LogP) is 4.57. The summed E-state index contributed by atoms with van der Waals surface area (Å²) in [6.07, 6.45) is 1.63. The predicted molar refractivity (Wildman–Crippen MR) is 139 cm³/mol. The number of rotatable bonds is 10. The molecule has 0 aliphatic rings. The van der Waals surface area contributed by atoms with Crippen LogP contribution in [0.2, 0.25) is 0 Å². The number of hydrogen-bond donors (Lipinski definition) is 1. The number of benzene rings is 3. The van der Waals surface area contributed by atoms with Crippen LogP contribution in [0.4, 0.5) is 11.4 Å². The SMILES string of the molecule is CC(=C=Cc1ccccc1)[C@@H](COC(=O)c1cc([N+](=O)[O-])cc([N+](=O)[O-])c1)NS(=O)(=O)c1ccc(C)cc1. The highest BCUT2D eigenvalue weighted by molar-refractivity contribution is 7.89. The number of carbonyl (C=O) groups is 1. The van der Waals surface area contributed by atoms with Gasteiger partial charge in [0.05, 0.1) is 32.4 Å². The second-order valence-electron chi connectivity index (χ2n) is 8.22. The number of carbonyl (C=O) groups excluding carboxylic acids is 1. The number of nitrogens with zero attached hydrogens (tertiary/aromatic N) is 2. The van der Waals surface area contributed by atoms with Crippen molar-refractivity contribution in [1.82, 2.24) is 4.72 Å². The summed E-state index contributed by atoms with van der Waals surface area (Å²) in [5, 5.41) is 22.3. The molecule has 0 spiro atoms. The zero-order chi connectivity index (χ0) is 27.9. The van der Waals surface area contributed by atoms with Crippen LogP contribution in [0, 0.1) is 27.2 Å². The Hall–Kier alpha value is -4.64. The third-order valence-corrected chi connectivity index (χ3v) is 6.85. The van der Waals surface area contributed by atoms with Crippen molar-refractivity contribution in [3.8, 4) is 0 Å². The van der Waals surface area contributed by atoms with Gasteiger partial charge in [0.25, 0.3) is 11.4 Å². The van der Waals surface area contributed by atoms with Crippen LogP contribution in [0.25, 0.3) is 6.08 Å². The molecule has 0 fully saturated rings. The van der Waals surface area contributed by atoms with Crippen LogP contribution in [0.5, 0.6) is 0 Å². The average molecular weight is 538 g/mol. The van der Waals surface area contributed by atoms with E-state index in [0.717, 1.165) is 29.3 Å². The van der Waals surface area contributed by atoms with E-state index >= 15 is 0 Å². The zero-order valence-corrected chi connectivity index (χ0v) is 21.2. The molecule has 0 heterocycles. The number of aryl methyl sites for hydroxylation is 1. The van der Waals surface area contributed by atoms with Gasteiger partial charge in [0, 0.05) is 12.1 Å². The number of non-ortho nitro benzene ring substituents is 2.